The largest absolute Gasteiger partial charge is 0.306 e. The predicted octanol–water partition coefficient (Wildman–Crippen LogP) is 3.14. The van der Waals surface area contributed by atoms with E-state index in [1.54, 1.807) is 0 Å². The van der Waals surface area contributed by atoms with Crippen LogP contribution in [0, 0.1) is 5.92 Å². The minimum atomic E-state index is 0.378. The molecule has 2 aromatic carbocycles. The van der Waals surface area contributed by atoms with Gasteiger partial charge in [0, 0.05) is 25.0 Å². The molecule has 0 aliphatic carbocycles. The molecule has 2 fully saturated rings. The van der Waals surface area contributed by atoms with E-state index >= 15 is 0 Å². The number of likely N-dealkylation sites (tertiary alicyclic amines) is 1. The first-order valence-corrected chi connectivity index (χ1v) is 10.2. The number of hydrogen-bond donors (Lipinski definition) is 2. The second-order valence-electron chi connectivity index (χ2n) is 8.23. The van der Waals surface area contributed by atoms with Crippen molar-refractivity contribution in [1.82, 2.24) is 20.7 Å². The molecule has 0 aromatic heterocycles. The van der Waals surface area contributed by atoms with Crippen LogP contribution in [0.2, 0.25) is 0 Å². The van der Waals surface area contributed by atoms with E-state index in [1.165, 1.54) is 42.6 Å². The average molecular weight is 365 g/mol. The standard InChI is InChI=1S/C23H32N4/c1-26-14-12-22(13-15-26)27(2)17-21-16-24-25-23(21)20-10-8-19(9-11-20)18-6-4-3-5-7-18/h3-11,21-25H,12-17H2,1-2H3. The highest BCUT2D eigenvalue weighted by Gasteiger charge is 2.31. The van der Waals surface area contributed by atoms with Crippen molar-refractivity contribution < 1.29 is 0 Å². The minimum Gasteiger partial charge on any atom is -0.306 e. The normalized spacial score (nSPS) is 24.6. The van der Waals surface area contributed by atoms with Crippen molar-refractivity contribution in [3.8, 4) is 11.1 Å². The van der Waals surface area contributed by atoms with Crippen LogP contribution in [0.25, 0.3) is 11.1 Å². The number of piperidine rings is 1. The summed E-state index contributed by atoms with van der Waals surface area (Å²) in [5, 5.41) is 0. The van der Waals surface area contributed by atoms with E-state index in [0.717, 1.165) is 19.1 Å². The summed E-state index contributed by atoms with van der Waals surface area (Å²) in [7, 11) is 4.54. The van der Waals surface area contributed by atoms with Crippen molar-refractivity contribution in [2.45, 2.75) is 24.9 Å². The zero-order chi connectivity index (χ0) is 18.6. The van der Waals surface area contributed by atoms with Crippen molar-refractivity contribution >= 4 is 0 Å². The first-order valence-electron chi connectivity index (χ1n) is 10.2. The van der Waals surface area contributed by atoms with Crippen LogP contribution in [-0.2, 0) is 0 Å². The van der Waals surface area contributed by atoms with Crippen molar-refractivity contribution in [3.05, 3.63) is 60.2 Å². The smallest absolute Gasteiger partial charge is 0.0515 e. The van der Waals surface area contributed by atoms with E-state index in [9.17, 15) is 0 Å². The van der Waals surface area contributed by atoms with E-state index in [4.69, 9.17) is 0 Å². The molecule has 0 radical (unpaired) electrons. The van der Waals surface area contributed by atoms with Gasteiger partial charge in [-0.2, -0.15) is 0 Å². The summed E-state index contributed by atoms with van der Waals surface area (Å²) in [5.41, 5.74) is 10.8. The van der Waals surface area contributed by atoms with E-state index in [1.807, 2.05) is 0 Å². The summed E-state index contributed by atoms with van der Waals surface area (Å²) in [6.07, 6.45) is 2.58. The van der Waals surface area contributed by atoms with Crippen LogP contribution in [0.15, 0.2) is 54.6 Å². The van der Waals surface area contributed by atoms with Gasteiger partial charge in [0.2, 0.25) is 0 Å². The average Bonchev–Trinajstić information content (AvgIpc) is 3.17. The number of nitrogens with zero attached hydrogens (tertiary/aromatic N) is 2. The van der Waals surface area contributed by atoms with Crippen molar-refractivity contribution in [3.63, 3.8) is 0 Å². The second-order valence-corrected chi connectivity index (χ2v) is 8.23. The maximum atomic E-state index is 3.51. The van der Waals surface area contributed by atoms with Gasteiger partial charge in [-0.1, -0.05) is 54.6 Å². The van der Waals surface area contributed by atoms with E-state index in [2.05, 4.69) is 89.3 Å². The summed E-state index contributed by atoms with van der Waals surface area (Å²) in [5.74, 6) is 0.595. The molecule has 27 heavy (non-hydrogen) atoms. The second kappa shape index (κ2) is 8.53. The van der Waals surface area contributed by atoms with Crippen LogP contribution in [0.3, 0.4) is 0 Å². The van der Waals surface area contributed by atoms with E-state index in [-0.39, 0.29) is 0 Å². The Morgan fingerprint density at radius 1 is 0.963 bits per heavy atom. The molecule has 2 aromatic rings. The van der Waals surface area contributed by atoms with Gasteiger partial charge in [0.1, 0.15) is 0 Å². The summed E-state index contributed by atoms with van der Waals surface area (Å²) < 4.78 is 0. The van der Waals surface area contributed by atoms with Crippen LogP contribution in [-0.4, -0.2) is 56.1 Å². The molecule has 2 unspecified atom stereocenters. The first-order chi connectivity index (χ1) is 13.2. The third-order valence-electron chi connectivity index (χ3n) is 6.30. The van der Waals surface area contributed by atoms with Crippen molar-refractivity contribution in [2.24, 2.45) is 5.92 Å². The van der Waals surface area contributed by atoms with Gasteiger partial charge in [0.05, 0.1) is 6.04 Å². The molecule has 0 bridgehead atoms. The molecule has 2 heterocycles. The molecule has 2 N–H and O–H groups in total. The van der Waals surface area contributed by atoms with Gasteiger partial charge < -0.3 is 9.80 Å². The Morgan fingerprint density at radius 2 is 1.63 bits per heavy atom. The molecule has 4 heteroatoms. The third-order valence-corrected chi connectivity index (χ3v) is 6.30. The van der Waals surface area contributed by atoms with Crippen LogP contribution < -0.4 is 10.9 Å². The molecular formula is C23H32N4. The topological polar surface area (TPSA) is 30.5 Å². The van der Waals surface area contributed by atoms with Crippen LogP contribution >= 0.6 is 0 Å². The molecule has 144 valence electrons. The molecule has 2 saturated heterocycles. The minimum absolute atomic E-state index is 0.378. The molecular weight excluding hydrogens is 332 g/mol. The molecule has 4 rings (SSSR count). The van der Waals surface area contributed by atoms with E-state index in [0.29, 0.717) is 12.0 Å². The zero-order valence-electron chi connectivity index (χ0n) is 16.6. The summed E-state index contributed by atoms with van der Waals surface area (Å²) in [4.78, 5) is 5.04. The Balaban J connectivity index is 1.40. The Labute approximate surface area is 163 Å². The molecule has 4 nitrogen and oxygen atoms in total. The first kappa shape index (κ1) is 18.6. The number of nitrogens with one attached hydrogen (secondary N) is 2. The lowest BCUT2D eigenvalue weighted by atomic mass is 9.92. The van der Waals surface area contributed by atoms with Gasteiger partial charge >= 0.3 is 0 Å². The van der Waals surface area contributed by atoms with Gasteiger partial charge in [0.15, 0.2) is 0 Å². The molecule has 2 aliphatic rings. The predicted molar refractivity (Wildman–Crippen MR) is 112 cm³/mol. The van der Waals surface area contributed by atoms with Crippen molar-refractivity contribution in [1.29, 1.82) is 0 Å². The van der Waals surface area contributed by atoms with Gasteiger partial charge in [-0.3, -0.25) is 5.43 Å². The highest BCUT2D eigenvalue weighted by Crippen LogP contribution is 2.29. The molecule has 0 spiro atoms. The lowest BCUT2D eigenvalue weighted by molar-refractivity contribution is 0.128. The fourth-order valence-electron chi connectivity index (χ4n) is 4.53. The van der Waals surface area contributed by atoms with Gasteiger partial charge in [-0.15, -0.1) is 0 Å². The number of hydrazine groups is 1. The maximum Gasteiger partial charge on any atom is 0.0515 e. The molecule has 0 amide bonds. The van der Waals surface area contributed by atoms with Crippen LogP contribution in [0.1, 0.15) is 24.4 Å². The third kappa shape index (κ3) is 4.41. The number of rotatable bonds is 5. The highest BCUT2D eigenvalue weighted by atomic mass is 15.4. The molecule has 2 aliphatic heterocycles. The Kier molecular flexibility index (Phi) is 5.89. The monoisotopic (exact) mass is 364 g/mol. The Hall–Kier alpha value is -1.72. The fourth-order valence-corrected chi connectivity index (χ4v) is 4.53. The van der Waals surface area contributed by atoms with E-state index < -0.39 is 0 Å². The SMILES string of the molecule is CN1CCC(N(C)CC2CNNC2c2ccc(-c3ccccc3)cc2)CC1. The van der Waals surface area contributed by atoms with Crippen molar-refractivity contribution in [2.75, 3.05) is 40.3 Å². The van der Waals surface area contributed by atoms with Gasteiger partial charge in [-0.25, -0.2) is 5.43 Å². The lowest BCUT2D eigenvalue weighted by Gasteiger charge is -2.36. The zero-order valence-corrected chi connectivity index (χ0v) is 16.6. The maximum absolute atomic E-state index is 3.51. The summed E-state index contributed by atoms with van der Waals surface area (Å²) in [6, 6.07) is 20.8. The lowest BCUT2D eigenvalue weighted by Crippen LogP contribution is -2.44. The quantitative estimate of drug-likeness (QED) is 0.853. The number of benzene rings is 2. The summed E-state index contributed by atoms with van der Waals surface area (Å²) >= 11 is 0. The highest BCUT2D eigenvalue weighted by molar-refractivity contribution is 5.63. The number of hydrogen-bond acceptors (Lipinski definition) is 4. The Morgan fingerprint density at radius 3 is 2.33 bits per heavy atom. The van der Waals surface area contributed by atoms with Crippen LogP contribution in [0.5, 0.6) is 0 Å². The molecule has 0 saturated carbocycles. The Bertz CT molecular complexity index is 707. The van der Waals surface area contributed by atoms with Gasteiger partial charge in [0.25, 0.3) is 0 Å². The summed E-state index contributed by atoms with van der Waals surface area (Å²) in [6.45, 7) is 4.61. The van der Waals surface area contributed by atoms with Crippen LogP contribution in [0.4, 0.5) is 0 Å². The van der Waals surface area contributed by atoms with Gasteiger partial charge in [-0.05, 0) is 56.7 Å². The molecule has 2 atom stereocenters. The fraction of sp³-hybridized carbons (Fsp3) is 0.478.